The average Bonchev–Trinajstić information content (AvgIpc) is 2.86. The first-order valence-corrected chi connectivity index (χ1v) is 12.9. The van der Waals surface area contributed by atoms with E-state index < -0.39 is 47.9 Å². The van der Waals surface area contributed by atoms with Gasteiger partial charge in [-0.05, 0) is 30.2 Å². The Hall–Kier alpha value is -3.67. The average molecular weight is 534 g/mol. The second kappa shape index (κ2) is 16.2. The van der Waals surface area contributed by atoms with Crippen molar-refractivity contribution in [3.63, 3.8) is 0 Å². The van der Waals surface area contributed by atoms with Crippen LogP contribution in [0.15, 0.2) is 35.3 Å². The standard InChI is InChI=1S/C26H43N7O5/c1-5-16(4)21(24(36)32-20(15(2)3)25(37)38)33-23(35)19(14-17-10-7-6-8-11-17)31-22(34)18(27)12-9-13-30-26(28)29/h6-8,10-11,15-16,18-21H,5,9,12-14,27H2,1-4H3,(H,31,34)(H,32,36)(H,33,35)(H,37,38)(H4,28,29,30). The molecule has 12 heteroatoms. The Labute approximate surface area is 224 Å². The zero-order valence-electron chi connectivity index (χ0n) is 22.6. The number of benzene rings is 1. The molecule has 0 aliphatic rings. The van der Waals surface area contributed by atoms with Crippen LogP contribution in [0.5, 0.6) is 0 Å². The van der Waals surface area contributed by atoms with Gasteiger partial charge >= 0.3 is 5.97 Å². The highest BCUT2D eigenvalue weighted by atomic mass is 16.4. The lowest BCUT2D eigenvalue weighted by Crippen LogP contribution is -2.59. The number of rotatable bonds is 16. The van der Waals surface area contributed by atoms with E-state index in [0.29, 0.717) is 25.8 Å². The molecule has 12 nitrogen and oxygen atoms in total. The molecule has 1 rings (SSSR count). The van der Waals surface area contributed by atoms with Crippen LogP contribution in [0.25, 0.3) is 0 Å². The molecule has 0 fully saturated rings. The molecule has 5 atom stereocenters. The second-order valence-corrected chi connectivity index (χ2v) is 9.75. The molecule has 1 aromatic carbocycles. The molecule has 0 bridgehead atoms. The lowest BCUT2D eigenvalue weighted by atomic mass is 9.95. The SMILES string of the molecule is CCC(C)C(NC(=O)C(Cc1ccccc1)NC(=O)C(N)CCCN=C(N)N)C(=O)NC(C(=O)O)C(C)C. The van der Waals surface area contributed by atoms with Gasteiger partial charge in [0, 0.05) is 13.0 Å². The molecule has 0 radical (unpaired) electrons. The van der Waals surface area contributed by atoms with E-state index in [9.17, 15) is 24.3 Å². The number of aliphatic imine (C=N–C) groups is 1. The van der Waals surface area contributed by atoms with Crippen molar-refractivity contribution < 1.29 is 24.3 Å². The number of guanidine groups is 1. The number of hydrogen-bond acceptors (Lipinski definition) is 6. The van der Waals surface area contributed by atoms with E-state index in [1.165, 1.54) is 0 Å². The molecule has 0 saturated carbocycles. The summed E-state index contributed by atoms with van der Waals surface area (Å²) in [4.78, 5) is 54.8. The van der Waals surface area contributed by atoms with Crippen molar-refractivity contribution in [2.45, 2.75) is 77.5 Å². The van der Waals surface area contributed by atoms with Crippen LogP contribution in [-0.4, -0.2) is 65.5 Å². The zero-order chi connectivity index (χ0) is 28.8. The summed E-state index contributed by atoms with van der Waals surface area (Å²) < 4.78 is 0. The summed E-state index contributed by atoms with van der Waals surface area (Å²) in [6, 6.07) is 5.07. The Morgan fingerprint density at radius 1 is 0.921 bits per heavy atom. The lowest BCUT2D eigenvalue weighted by Gasteiger charge is -2.29. The molecule has 1 aromatic rings. The van der Waals surface area contributed by atoms with E-state index in [0.717, 1.165) is 5.56 Å². The van der Waals surface area contributed by atoms with Gasteiger partial charge in [-0.15, -0.1) is 0 Å². The zero-order valence-corrected chi connectivity index (χ0v) is 22.6. The van der Waals surface area contributed by atoms with Gasteiger partial charge in [-0.25, -0.2) is 4.79 Å². The Morgan fingerprint density at radius 3 is 2.05 bits per heavy atom. The number of hydrogen-bond donors (Lipinski definition) is 7. The van der Waals surface area contributed by atoms with Gasteiger partial charge < -0.3 is 38.3 Å². The number of nitrogens with zero attached hydrogens (tertiary/aromatic N) is 1. The van der Waals surface area contributed by atoms with Crippen LogP contribution >= 0.6 is 0 Å². The summed E-state index contributed by atoms with van der Waals surface area (Å²) in [7, 11) is 0. The van der Waals surface area contributed by atoms with Crippen molar-refractivity contribution in [3.8, 4) is 0 Å². The Balaban J connectivity index is 3.07. The monoisotopic (exact) mass is 533 g/mol. The number of carboxylic acids is 1. The number of nitrogens with one attached hydrogen (secondary N) is 3. The molecule has 3 amide bonds. The second-order valence-electron chi connectivity index (χ2n) is 9.75. The predicted molar refractivity (Wildman–Crippen MR) is 146 cm³/mol. The summed E-state index contributed by atoms with van der Waals surface area (Å²) in [5.41, 5.74) is 17.4. The van der Waals surface area contributed by atoms with Crippen LogP contribution in [0.1, 0.15) is 52.5 Å². The Kier molecular flexibility index (Phi) is 13.8. The van der Waals surface area contributed by atoms with Crippen LogP contribution in [0.2, 0.25) is 0 Å². The molecule has 10 N–H and O–H groups in total. The van der Waals surface area contributed by atoms with E-state index in [4.69, 9.17) is 17.2 Å². The van der Waals surface area contributed by atoms with Crippen LogP contribution in [0.3, 0.4) is 0 Å². The molecular formula is C26H43N7O5. The number of aliphatic carboxylic acids is 1. The van der Waals surface area contributed by atoms with Crippen molar-refractivity contribution in [2.24, 2.45) is 34.0 Å². The molecule has 0 aromatic heterocycles. The predicted octanol–water partition coefficient (Wildman–Crippen LogP) is -0.149. The first kappa shape index (κ1) is 32.4. The van der Waals surface area contributed by atoms with Crippen LogP contribution < -0.4 is 33.2 Å². The van der Waals surface area contributed by atoms with Gasteiger partial charge in [0.2, 0.25) is 17.7 Å². The van der Waals surface area contributed by atoms with E-state index in [1.807, 2.05) is 37.3 Å². The van der Waals surface area contributed by atoms with Gasteiger partial charge in [0.05, 0.1) is 6.04 Å². The first-order chi connectivity index (χ1) is 17.9. The molecule has 0 saturated heterocycles. The largest absolute Gasteiger partial charge is 0.480 e. The maximum absolute atomic E-state index is 13.4. The van der Waals surface area contributed by atoms with E-state index >= 15 is 0 Å². The molecule has 0 aliphatic carbocycles. The third-order valence-electron chi connectivity index (χ3n) is 6.24. The molecule has 212 valence electrons. The number of carboxylic acid groups (broad SMARTS) is 1. The summed E-state index contributed by atoms with van der Waals surface area (Å²) in [6.45, 7) is 7.33. The fourth-order valence-corrected chi connectivity index (χ4v) is 3.70. The Morgan fingerprint density at radius 2 is 1.53 bits per heavy atom. The maximum Gasteiger partial charge on any atom is 0.326 e. The maximum atomic E-state index is 13.4. The highest BCUT2D eigenvalue weighted by Gasteiger charge is 2.33. The van der Waals surface area contributed by atoms with Crippen LogP contribution in [0, 0.1) is 11.8 Å². The van der Waals surface area contributed by atoms with Gasteiger partial charge in [-0.2, -0.15) is 0 Å². The minimum Gasteiger partial charge on any atom is -0.480 e. The third-order valence-corrected chi connectivity index (χ3v) is 6.24. The van der Waals surface area contributed by atoms with E-state index in [2.05, 4.69) is 20.9 Å². The molecule has 0 spiro atoms. The van der Waals surface area contributed by atoms with Crippen molar-refractivity contribution in [2.75, 3.05) is 6.54 Å². The van der Waals surface area contributed by atoms with Crippen molar-refractivity contribution in [1.29, 1.82) is 0 Å². The lowest BCUT2D eigenvalue weighted by molar-refractivity contribution is -0.144. The number of carbonyl (C=O) groups excluding carboxylic acids is 3. The highest BCUT2D eigenvalue weighted by molar-refractivity contribution is 5.94. The quantitative estimate of drug-likeness (QED) is 0.0859. The number of nitrogens with two attached hydrogens (primary N) is 3. The summed E-state index contributed by atoms with van der Waals surface area (Å²) in [6.07, 6.45) is 1.48. The summed E-state index contributed by atoms with van der Waals surface area (Å²) >= 11 is 0. The van der Waals surface area contributed by atoms with Crippen molar-refractivity contribution >= 4 is 29.7 Å². The van der Waals surface area contributed by atoms with E-state index in [-0.39, 0.29) is 24.2 Å². The molecule has 0 aliphatic heterocycles. The molecule has 38 heavy (non-hydrogen) atoms. The van der Waals surface area contributed by atoms with Crippen LogP contribution in [0.4, 0.5) is 0 Å². The fraction of sp³-hybridized carbons (Fsp3) is 0.577. The normalized spacial score (nSPS) is 14.9. The topological polar surface area (TPSA) is 215 Å². The van der Waals surface area contributed by atoms with Gasteiger partial charge in [0.25, 0.3) is 0 Å². The number of carbonyl (C=O) groups is 4. The molecule has 5 unspecified atom stereocenters. The van der Waals surface area contributed by atoms with Gasteiger partial charge in [0.15, 0.2) is 5.96 Å². The number of amides is 3. The van der Waals surface area contributed by atoms with Gasteiger partial charge in [-0.1, -0.05) is 64.4 Å². The van der Waals surface area contributed by atoms with Crippen molar-refractivity contribution in [1.82, 2.24) is 16.0 Å². The molecule has 0 heterocycles. The van der Waals surface area contributed by atoms with E-state index in [1.54, 1.807) is 20.8 Å². The summed E-state index contributed by atoms with van der Waals surface area (Å²) in [5, 5.41) is 17.5. The first-order valence-electron chi connectivity index (χ1n) is 12.9. The highest BCUT2D eigenvalue weighted by Crippen LogP contribution is 2.12. The summed E-state index contributed by atoms with van der Waals surface area (Å²) in [5.74, 6) is -3.58. The smallest absolute Gasteiger partial charge is 0.326 e. The van der Waals surface area contributed by atoms with Crippen LogP contribution in [-0.2, 0) is 25.6 Å². The molecular weight excluding hydrogens is 490 g/mol. The van der Waals surface area contributed by atoms with Gasteiger partial charge in [0.1, 0.15) is 18.1 Å². The minimum absolute atomic E-state index is 0.0504. The fourth-order valence-electron chi connectivity index (χ4n) is 3.70. The minimum atomic E-state index is -1.16. The Bertz CT molecular complexity index is 951. The van der Waals surface area contributed by atoms with Crippen molar-refractivity contribution in [3.05, 3.63) is 35.9 Å². The van der Waals surface area contributed by atoms with Gasteiger partial charge in [-0.3, -0.25) is 19.4 Å². The third kappa shape index (κ3) is 11.2.